The highest BCUT2D eigenvalue weighted by molar-refractivity contribution is 6.17. The van der Waals surface area contributed by atoms with Gasteiger partial charge in [0.2, 0.25) is 0 Å². The third-order valence-electron chi connectivity index (χ3n) is 3.13. The van der Waals surface area contributed by atoms with E-state index in [2.05, 4.69) is 16.7 Å². The number of para-hydroxylation sites is 1. The molecule has 0 aliphatic carbocycles. The van der Waals surface area contributed by atoms with Crippen LogP contribution in [-0.4, -0.2) is 11.8 Å². The summed E-state index contributed by atoms with van der Waals surface area (Å²) >= 11 is 0. The van der Waals surface area contributed by atoms with Crippen LogP contribution in [0, 0.1) is 11.3 Å². The smallest absolute Gasteiger partial charge is 0.274 e. The van der Waals surface area contributed by atoms with Gasteiger partial charge in [-0.3, -0.25) is 14.9 Å². The van der Waals surface area contributed by atoms with Crippen LogP contribution in [-0.2, 0) is 9.59 Å². The Bertz CT molecular complexity index is 848. The van der Waals surface area contributed by atoms with Crippen LogP contribution >= 0.6 is 0 Å². The van der Waals surface area contributed by atoms with E-state index >= 15 is 0 Å². The third-order valence-corrected chi connectivity index (χ3v) is 3.13. The maximum absolute atomic E-state index is 11.4. The monoisotopic (exact) mass is 305 g/mol. The Morgan fingerprint density at radius 1 is 1.04 bits per heavy atom. The van der Waals surface area contributed by atoms with Gasteiger partial charge >= 0.3 is 0 Å². The van der Waals surface area contributed by atoms with Gasteiger partial charge in [0.05, 0.1) is 5.56 Å². The SMILES string of the molecule is N#Cc1ccccc1Oc1ccc(NC2=CC(=O)NC2=O)cc1. The minimum Gasteiger partial charge on any atom is -0.456 e. The molecular formula is C17H11N3O3. The number of imide groups is 1. The first-order valence-electron chi connectivity index (χ1n) is 6.77. The zero-order valence-electron chi connectivity index (χ0n) is 11.9. The van der Waals surface area contributed by atoms with Crippen molar-refractivity contribution in [2.45, 2.75) is 0 Å². The molecule has 1 aliphatic rings. The fourth-order valence-corrected chi connectivity index (χ4v) is 2.04. The zero-order chi connectivity index (χ0) is 16.2. The van der Waals surface area contributed by atoms with Crippen LogP contribution in [0.1, 0.15) is 5.56 Å². The van der Waals surface area contributed by atoms with Crippen molar-refractivity contribution in [3.05, 3.63) is 65.9 Å². The molecule has 2 aromatic carbocycles. The summed E-state index contributed by atoms with van der Waals surface area (Å²) < 4.78 is 5.67. The van der Waals surface area contributed by atoms with Crippen LogP contribution in [0.5, 0.6) is 11.5 Å². The first kappa shape index (κ1) is 14.4. The number of nitrogens with zero attached hydrogens (tertiary/aromatic N) is 1. The number of rotatable bonds is 4. The summed E-state index contributed by atoms with van der Waals surface area (Å²) in [5.74, 6) is 0.127. The summed E-state index contributed by atoms with van der Waals surface area (Å²) in [4.78, 5) is 22.5. The molecule has 2 aromatic rings. The van der Waals surface area contributed by atoms with Gasteiger partial charge in [-0.15, -0.1) is 0 Å². The highest BCUT2D eigenvalue weighted by Gasteiger charge is 2.20. The highest BCUT2D eigenvalue weighted by atomic mass is 16.5. The summed E-state index contributed by atoms with van der Waals surface area (Å²) in [6.45, 7) is 0. The van der Waals surface area contributed by atoms with Crippen molar-refractivity contribution in [3.63, 3.8) is 0 Å². The van der Waals surface area contributed by atoms with Crippen molar-refractivity contribution >= 4 is 17.5 Å². The predicted octanol–water partition coefficient (Wildman–Crippen LogP) is 2.30. The van der Waals surface area contributed by atoms with Gasteiger partial charge in [-0.25, -0.2) is 0 Å². The van der Waals surface area contributed by atoms with E-state index in [1.807, 2.05) is 0 Å². The van der Waals surface area contributed by atoms with Crippen molar-refractivity contribution in [2.24, 2.45) is 0 Å². The third kappa shape index (κ3) is 3.19. The molecule has 0 unspecified atom stereocenters. The lowest BCUT2D eigenvalue weighted by Gasteiger charge is -2.09. The maximum atomic E-state index is 11.4. The van der Waals surface area contributed by atoms with E-state index in [1.165, 1.54) is 6.08 Å². The molecule has 1 aliphatic heterocycles. The van der Waals surface area contributed by atoms with Gasteiger partial charge in [0.15, 0.2) is 0 Å². The van der Waals surface area contributed by atoms with Gasteiger partial charge in [0.25, 0.3) is 11.8 Å². The van der Waals surface area contributed by atoms with Crippen molar-refractivity contribution < 1.29 is 14.3 Å². The fraction of sp³-hybridized carbons (Fsp3) is 0. The van der Waals surface area contributed by atoms with Crippen LogP contribution in [0.15, 0.2) is 60.3 Å². The van der Waals surface area contributed by atoms with Crippen LogP contribution < -0.4 is 15.4 Å². The molecule has 0 bridgehead atoms. The number of hydrogen-bond donors (Lipinski definition) is 2. The Morgan fingerprint density at radius 3 is 2.43 bits per heavy atom. The Labute approximate surface area is 132 Å². The van der Waals surface area contributed by atoms with Gasteiger partial charge in [0, 0.05) is 11.8 Å². The van der Waals surface area contributed by atoms with Crippen LogP contribution in [0.25, 0.3) is 0 Å². The van der Waals surface area contributed by atoms with E-state index in [9.17, 15) is 9.59 Å². The minimum atomic E-state index is -0.460. The number of hydrogen-bond acceptors (Lipinski definition) is 5. The lowest BCUT2D eigenvalue weighted by Crippen LogP contribution is -2.24. The number of carbonyl (C=O) groups excluding carboxylic acids is 2. The Morgan fingerprint density at radius 2 is 1.78 bits per heavy atom. The minimum absolute atomic E-state index is 0.193. The molecule has 0 radical (unpaired) electrons. The van der Waals surface area contributed by atoms with E-state index in [0.29, 0.717) is 22.7 Å². The molecule has 0 saturated heterocycles. The van der Waals surface area contributed by atoms with E-state index in [4.69, 9.17) is 10.00 Å². The second kappa shape index (κ2) is 6.03. The zero-order valence-corrected chi connectivity index (χ0v) is 11.9. The molecule has 23 heavy (non-hydrogen) atoms. The number of anilines is 1. The van der Waals surface area contributed by atoms with Crippen molar-refractivity contribution in [2.75, 3.05) is 5.32 Å². The molecule has 0 atom stereocenters. The van der Waals surface area contributed by atoms with E-state index in [1.54, 1.807) is 48.5 Å². The standard InChI is InChI=1S/C17H11N3O3/c18-10-11-3-1-2-4-15(11)23-13-7-5-12(6-8-13)19-14-9-16(21)20-17(14)22/h1-9H,(H2,19,20,21,22). The van der Waals surface area contributed by atoms with E-state index < -0.39 is 11.8 Å². The second-order valence-electron chi connectivity index (χ2n) is 4.74. The molecule has 2 amide bonds. The van der Waals surface area contributed by atoms with Gasteiger partial charge in [-0.05, 0) is 36.4 Å². The molecule has 2 N–H and O–H groups in total. The highest BCUT2D eigenvalue weighted by Crippen LogP contribution is 2.26. The van der Waals surface area contributed by atoms with Crippen molar-refractivity contribution in [3.8, 4) is 17.6 Å². The largest absolute Gasteiger partial charge is 0.456 e. The van der Waals surface area contributed by atoms with Crippen LogP contribution in [0.4, 0.5) is 5.69 Å². The summed E-state index contributed by atoms with van der Waals surface area (Å²) in [7, 11) is 0. The quantitative estimate of drug-likeness (QED) is 0.846. The molecule has 6 heteroatoms. The normalized spacial score (nSPS) is 13.1. The number of nitriles is 1. The topological polar surface area (TPSA) is 91.2 Å². The Kier molecular flexibility index (Phi) is 3.77. The number of amides is 2. The molecule has 1 heterocycles. The first-order valence-corrected chi connectivity index (χ1v) is 6.77. The number of ether oxygens (including phenoxy) is 1. The lowest BCUT2D eigenvalue weighted by molar-refractivity contribution is -0.123. The van der Waals surface area contributed by atoms with Gasteiger partial charge < -0.3 is 10.1 Å². The Balaban J connectivity index is 1.73. The lowest BCUT2D eigenvalue weighted by atomic mass is 10.2. The van der Waals surface area contributed by atoms with Crippen LogP contribution in [0.3, 0.4) is 0 Å². The average molecular weight is 305 g/mol. The molecule has 0 aromatic heterocycles. The van der Waals surface area contributed by atoms with Crippen molar-refractivity contribution in [1.29, 1.82) is 5.26 Å². The average Bonchev–Trinajstić information content (AvgIpc) is 2.87. The molecule has 0 fully saturated rings. The Hall–Kier alpha value is -3.59. The number of benzene rings is 2. The molecule has 0 spiro atoms. The number of carbonyl (C=O) groups is 2. The van der Waals surface area contributed by atoms with Crippen molar-refractivity contribution in [1.82, 2.24) is 5.32 Å². The summed E-state index contributed by atoms with van der Waals surface area (Å²) in [5.41, 5.74) is 1.28. The molecule has 0 saturated carbocycles. The van der Waals surface area contributed by atoms with E-state index in [-0.39, 0.29) is 5.70 Å². The molecular weight excluding hydrogens is 294 g/mol. The summed E-state index contributed by atoms with van der Waals surface area (Å²) in [6, 6.07) is 15.8. The van der Waals surface area contributed by atoms with Crippen LogP contribution in [0.2, 0.25) is 0 Å². The van der Waals surface area contributed by atoms with E-state index in [0.717, 1.165) is 0 Å². The second-order valence-corrected chi connectivity index (χ2v) is 4.74. The van der Waals surface area contributed by atoms with Gasteiger partial charge in [0.1, 0.15) is 23.3 Å². The predicted molar refractivity (Wildman–Crippen MR) is 82.5 cm³/mol. The molecule has 6 nitrogen and oxygen atoms in total. The summed E-state index contributed by atoms with van der Waals surface area (Å²) in [5, 5.41) is 14.0. The summed E-state index contributed by atoms with van der Waals surface area (Å²) in [6.07, 6.45) is 1.20. The fourth-order valence-electron chi connectivity index (χ4n) is 2.04. The first-order chi connectivity index (χ1) is 11.2. The number of nitrogens with one attached hydrogen (secondary N) is 2. The molecule has 112 valence electrons. The van der Waals surface area contributed by atoms with Gasteiger partial charge in [-0.1, -0.05) is 12.1 Å². The van der Waals surface area contributed by atoms with Gasteiger partial charge in [-0.2, -0.15) is 5.26 Å². The molecule has 3 rings (SSSR count). The maximum Gasteiger partial charge on any atom is 0.274 e.